The molecule has 0 atom stereocenters. The molecule has 7 heteroatoms. The molecule has 0 fully saturated rings. The van der Waals surface area contributed by atoms with Crippen molar-refractivity contribution in [2.24, 2.45) is 0 Å². The van der Waals surface area contributed by atoms with Crippen LogP contribution in [0.25, 0.3) is 0 Å². The number of halogens is 1. The molecule has 0 N–H and O–H groups in total. The molecular formula is C16H13FN4O2. The Morgan fingerprint density at radius 1 is 1.22 bits per heavy atom. The van der Waals surface area contributed by atoms with Gasteiger partial charge in [-0.2, -0.15) is 5.10 Å². The molecule has 0 saturated carbocycles. The summed E-state index contributed by atoms with van der Waals surface area (Å²) in [4.78, 5) is 14.0. The highest BCUT2D eigenvalue weighted by molar-refractivity contribution is 5.91. The lowest BCUT2D eigenvalue weighted by Crippen LogP contribution is -2.26. The molecule has 0 unspecified atom stereocenters. The summed E-state index contributed by atoms with van der Waals surface area (Å²) in [7, 11) is 0. The fourth-order valence-corrected chi connectivity index (χ4v) is 2.73. The van der Waals surface area contributed by atoms with E-state index < -0.39 is 0 Å². The summed E-state index contributed by atoms with van der Waals surface area (Å²) in [6, 6.07) is 7.87. The number of amides is 1. The summed E-state index contributed by atoms with van der Waals surface area (Å²) in [6.45, 7) is 1.51. The lowest BCUT2D eigenvalue weighted by atomic mass is 10.2. The molecule has 3 heterocycles. The minimum atomic E-state index is -0.261. The van der Waals surface area contributed by atoms with Crippen molar-refractivity contribution in [1.29, 1.82) is 0 Å². The topological polar surface area (TPSA) is 64.2 Å². The molecule has 116 valence electrons. The second kappa shape index (κ2) is 5.35. The number of nitrogens with zero attached hydrogens (tertiary/aromatic N) is 4. The number of carbonyl (C=O) groups is 1. The largest absolute Gasteiger partial charge is 0.351 e. The highest BCUT2D eigenvalue weighted by Gasteiger charge is 2.29. The smallest absolute Gasteiger partial charge is 0.293 e. The molecule has 3 aromatic rings. The van der Waals surface area contributed by atoms with Crippen LogP contribution in [-0.2, 0) is 19.6 Å². The maximum absolute atomic E-state index is 13.0. The van der Waals surface area contributed by atoms with Gasteiger partial charge in [0.1, 0.15) is 5.82 Å². The Bertz CT molecular complexity index is 840. The minimum absolute atomic E-state index is 0.188. The van der Waals surface area contributed by atoms with E-state index in [1.807, 2.05) is 4.68 Å². The minimum Gasteiger partial charge on any atom is -0.351 e. The average Bonchev–Trinajstić information content (AvgIpc) is 3.27. The standard InChI is InChI=1S/C16H13FN4O2/c17-13-3-1-11(2-4-13)8-21-14-10-20(9-12(14)7-18-21)16(22)15-5-6-19-23-15/h1-7H,8-10H2. The van der Waals surface area contributed by atoms with Gasteiger partial charge in [-0.05, 0) is 17.7 Å². The Labute approximate surface area is 131 Å². The van der Waals surface area contributed by atoms with E-state index in [-0.39, 0.29) is 17.5 Å². The van der Waals surface area contributed by atoms with Gasteiger partial charge in [0, 0.05) is 18.2 Å². The van der Waals surface area contributed by atoms with Crippen LogP contribution in [0.5, 0.6) is 0 Å². The Balaban J connectivity index is 1.53. The Morgan fingerprint density at radius 3 is 2.78 bits per heavy atom. The van der Waals surface area contributed by atoms with Gasteiger partial charge in [-0.25, -0.2) is 4.39 Å². The first-order valence-electron chi connectivity index (χ1n) is 7.18. The van der Waals surface area contributed by atoms with Crippen molar-refractivity contribution in [3.05, 3.63) is 71.1 Å². The van der Waals surface area contributed by atoms with Crippen LogP contribution < -0.4 is 0 Å². The van der Waals surface area contributed by atoms with Gasteiger partial charge in [-0.3, -0.25) is 9.48 Å². The molecule has 1 amide bonds. The van der Waals surface area contributed by atoms with Gasteiger partial charge in [0.2, 0.25) is 5.76 Å². The molecule has 1 aliphatic heterocycles. The molecule has 23 heavy (non-hydrogen) atoms. The van der Waals surface area contributed by atoms with Crippen LogP contribution in [0.2, 0.25) is 0 Å². The third kappa shape index (κ3) is 2.50. The number of hydrogen-bond acceptors (Lipinski definition) is 4. The van der Waals surface area contributed by atoms with Crippen LogP contribution in [0.4, 0.5) is 4.39 Å². The van der Waals surface area contributed by atoms with Crippen LogP contribution in [0.15, 0.2) is 47.2 Å². The molecule has 4 rings (SSSR count). The molecule has 0 aliphatic carbocycles. The molecule has 0 saturated heterocycles. The lowest BCUT2D eigenvalue weighted by molar-refractivity contribution is 0.0706. The number of aromatic nitrogens is 3. The molecular weight excluding hydrogens is 299 g/mol. The first kappa shape index (κ1) is 13.7. The van der Waals surface area contributed by atoms with Crippen molar-refractivity contribution in [3.63, 3.8) is 0 Å². The third-order valence-electron chi connectivity index (χ3n) is 3.92. The number of rotatable bonds is 3. The van der Waals surface area contributed by atoms with Crippen LogP contribution in [-0.4, -0.2) is 25.7 Å². The molecule has 2 aromatic heterocycles. The van der Waals surface area contributed by atoms with Gasteiger partial charge in [-0.1, -0.05) is 17.3 Å². The maximum atomic E-state index is 13.0. The van der Waals surface area contributed by atoms with Crippen LogP contribution in [0.1, 0.15) is 27.4 Å². The van der Waals surface area contributed by atoms with Crippen molar-refractivity contribution >= 4 is 5.91 Å². The predicted molar refractivity (Wildman–Crippen MR) is 77.8 cm³/mol. The molecule has 0 bridgehead atoms. The van der Waals surface area contributed by atoms with Gasteiger partial charge in [0.15, 0.2) is 0 Å². The van der Waals surface area contributed by atoms with E-state index in [9.17, 15) is 9.18 Å². The normalized spacial score (nSPS) is 13.3. The van der Waals surface area contributed by atoms with E-state index in [1.165, 1.54) is 18.3 Å². The van der Waals surface area contributed by atoms with Gasteiger partial charge < -0.3 is 9.42 Å². The van der Waals surface area contributed by atoms with Crippen molar-refractivity contribution < 1.29 is 13.7 Å². The summed E-state index contributed by atoms with van der Waals surface area (Å²) >= 11 is 0. The van der Waals surface area contributed by atoms with Crippen molar-refractivity contribution in [2.45, 2.75) is 19.6 Å². The molecule has 0 radical (unpaired) electrons. The highest BCUT2D eigenvalue weighted by Crippen LogP contribution is 2.24. The number of hydrogen-bond donors (Lipinski definition) is 0. The third-order valence-corrected chi connectivity index (χ3v) is 3.92. The first-order valence-corrected chi connectivity index (χ1v) is 7.18. The number of benzene rings is 1. The Hall–Kier alpha value is -2.96. The SMILES string of the molecule is O=C(c1ccno1)N1Cc2cnn(Cc3ccc(F)cc3)c2C1. The Morgan fingerprint density at radius 2 is 2.04 bits per heavy atom. The lowest BCUT2D eigenvalue weighted by Gasteiger charge is -2.14. The molecule has 0 spiro atoms. The van der Waals surface area contributed by atoms with E-state index in [4.69, 9.17) is 4.52 Å². The van der Waals surface area contributed by atoms with E-state index in [0.29, 0.717) is 19.6 Å². The van der Waals surface area contributed by atoms with Gasteiger partial charge in [0.05, 0.1) is 31.2 Å². The second-order valence-corrected chi connectivity index (χ2v) is 5.44. The predicted octanol–water partition coefficient (Wildman–Crippen LogP) is 2.21. The van der Waals surface area contributed by atoms with Crippen molar-refractivity contribution in [2.75, 3.05) is 0 Å². The zero-order chi connectivity index (χ0) is 15.8. The summed E-state index contributed by atoms with van der Waals surface area (Å²) < 4.78 is 19.7. The highest BCUT2D eigenvalue weighted by atomic mass is 19.1. The van der Waals surface area contributed by atoms with Gasteiger partial charge >= 0.3 is 0 Å². The summed E-state index contributed by atoms with van der Waals surface area (Å²) in [5, 5.41) is 7.92. The van der Waals surface area contributed by atoms with E-state index in [1.54, 1.807) is 29.3 Å². The Kier molecular flexibility index (Phi) is 3.18. The zero-order valence-corrected chi connectivity index (χ0v) is 12.1. The van der Waals surface area contributed by atoms with Gasteiger partial charge in [-0.15, -0.1) is 0 Å². The van der Waals surface area contributed by atoms with Crippen LogP contribution in [0.3, 0.4) is 0 Å². The monoisotopic (exact) mass is 312 g/mol. The summed E-state index contributed by atoms with van der Waals surface area (Å²) in [5.41, 5.74) is 2.96. The van der Waals surface area contributed by atoms with E-state index in [0.717, 1.165) is 16.8 Å². The van der Waals surface area contributed by atoms with Crippen molar-refractivity contribution in [3.8, 4) is 0 Å². The molecule has 6 nitrogen and oxygen atoms in total. The second-order valence-electron chi connectivity index (χ2n) is 5.44. The molecule has 1 aliphatic rings. The first-order chi connectivity index (χ1) is 11.2. The fourth-order valence-electron chi connectivity index (χ4n) is 2.73. The maximum Gasteiger partial charge on any atom is 0.293 e. The van der Waals surface area contributed by atoms with E-state index in [2.05, 4.69) is 10.3 Å². The van der Waals surface area contributed by atoms with Crippen molar-refractivity contribution in [1.82, 2.24) is 19.8 Å². The van der Waals surface area contributed by atoms with Crippen LogP contribution >= 0.6 is 0 Å². The quantitative estimate of drug-likeness (QED) is 0.744. The number of carbonyl (C=O) groups excluding carboxylic acids is 1. The average molecular weight is 312 g/mol. The summed E-state index contributed by atoms with van der Waals surface area (Å²) in [5.74, 6) is -0.219. The zero-order valence-electron chi connectivity index (χ0n) is 12.1. The summed E-state index contributed by atoms with van der Waals surface area (Å²) in [6.07, 6.45) is 3.22. The van der Waals surface area contributed by atoms with Crippen LogP contribution in [0, 0.1) is 5.82 Å². The number of fused-ring (bicyclic) bond motifs is 1. The fraction of sp³-hybridized carbons (Fsp3) is 0.188. The van der Waals surface area contributed by atoms with E-state index >= 15 is 0 Å². The molecule has 1 aromatic carbocycles. The van der Waals surface area contributed by atoms with Gasteiger partial charge in [0.25, 0.3) is 5.91 Å².